The number of nitrogens with zero attached hydrogens (tertiary/aromatic N) is 4. The normalized spacial score (nSPS) is 35.9. The van der Waals surface area contributed by atoms with Crippen LogP contribution in [0.5, 0.6) is 0 Å². The molecular weight excluding hydrogens is 356 g/mol. The van der Waals surface area contributed by atoms with Crippen molar-refractivity contribution >= 4 is 12.0 Å². The number of likely N-dealkylation sites (tertiary alicyclic amines) is 2. The van der Waals surface area contributed by atoms with Crippen molar-refractivity contribution in [3.05, 3.63) is 0 Å². The number of rotatable bonds is 4. The zero-order chi connectivity index (χ0) is 20.1. The molecule has 1 saturated carbocycles. The third-order valence-corrected chi connectivity index (χ3v) is 8.35. The first kappa shape index (κ1) is 20.0. The van der Waals surface area contributed by atoms with E-state index in [0.29, 0.717) is 24.9 Å². The van der Waals surface area contributed by atoms with Crippen molar-refractivity contribution in [2.75, 3.05) is 39.8 Å². The molecule has 0 bridgehead atoms. The molecule has 3 atom stereocenters. The van der Waals surface area contributed by atoms with Crippen LogP contribution in [0.15, 0.2) is 0 Å². The SMILES string of the molecule is CCCN1N(C)C(=O)CC12CCN(C1CC3(CCN(C(=O)O)C3)C1CC)CC2. The van der Waals surface area contributed by atoms with Gasteiger partial charge in [0.05, 0.1) is 5.54 Å². The number of hydrogen-bond acceptors (Lipinski definition) is 4. The Morgan fingerprint density at radius 3 is 2.46 bits per heavy atom. The second-order valence-corrected chi connectivity index (χ2v) is 9.58. The summed E-state index contributed by atoms with van der Waals surface area (Å²) in [7, 11) is 1.93. The Morgan fingerprint density at radius 2 is 1.89 bits per heavy atom. The minimum atomic E-state index is -0.763. The van der Waals surface area contributed by atoms with Gasteiger partial charge in [-0.1, -0.05) is 20.3 Å². The molecule has 3 heterocycles. The fourth-order valence-electron chi connectivity index (χ4n) is 6.82. The topological polar surface area (TPSA) is 67.3 Å². The first-order valence-electron chi connectivity index (χ1n) is 11.1. The van der Waals surface area contributed by atoms with Gasteiger partial charge >= 0.3 is 6.09 Å². The first-order chi connectivity index (χ1) is 13.4. The van der Waals surface area contributed by atoms with Crippen molar-refractivity contribution in [2.24, 2.45) is 11.3 Å². The molecule has 7 nitrogen and oxygen atoms in total. The summed E-state index contributed by atoms with van der Waals surface area (Å²) in [6, 6.07) is 0.588. The number of piperidine rings is 1. The van der Waals surface area contributed by atoms with E-state index in [2.05, 4.69) is 23.8 Å². The van der Waals surface area contributed by atoms with Gasteiger partial charge < -0.3 is 10.0 Å². The van der Waals surface area contributed by atoms with E-state index in [1.807, 2.05) is 12.1 Å². The van der Waals surface area contributed by atoms with Crippen molar-refractivity contribution < 1.29 is 14.7 Å². The van der Waals surface area contributed by atoms with Crippen LogP contribution in [0, 0.1) is 11.3 Å². The van der Waals surface area contributed by atoms with Gasteiger partial charge in [-0.2, -0.15) is 0 Å². The highest BCUT2D eigenvalue weighted by atomic mass is 16.4. The maximum absolute atomic E-state index is 12.4. The summed E-state index contributed by atoms with van der Waals surface area (Å²) in [5.41, 5.74) is 0.236. The maximum atomic E-state index is 12.4. The van der Waals surface area contributed by atoms with Crippen LogP contribution in [-0.4, -0.2) is 88.3 Å². The molecular formula is C21H36N4O3. The second kappa shape index (κ2) is 7.17. The lowest BCUT2D eigenvalue weighted by Crippen LogP contribution is -2.64. The van der Waals surface area contributed by atoms with Gasteiger partial charge in [0.1, 0.15) is 0 Å². The molecule has 1 N–H and O–H groups in total. The average Bonchev–Trinajstić information content (AvgIpc) is 3.20. The Hall–Kier alpha value is -1.34. The van der Waals surface area contributed by atoms with E-state index in [-0.39, 0.29) is 16.9 Å². The van der Waals surface area contributed by atoms with E-state index in [1.165, 1.54) is 0 Å². The molecule has 4 aliphatic rings. The van der Waals surface area contributed by atoms with Gasteiger partial charge in [0.15, 0.2) is 0 Å². The lowest BCUT2D eigenvalue weighted by Gasteiger charge is -2.59. The quantitative estimate of drug-likeness (QED) is 0.796. The zero-order valence-corrected chi connectivity index (χ0v) is 17.7. The van der Waals surface area contributed by atoms with Crippen molar-refractivity contribution in [1.29, 1.82) is 0 Å². The number of hydrazine groups is 1. The number of carbonyl (C=O) groups excluding carboxylic acids is 1. The van der Waals surface area contributed by atoms with Gasteiger partial charge in [-0.05, 0) is 43.4 Å². The molecule has 1 aliphatic carbocycles. The molecule has 7 heteroatoms. The van der Waals surface area contributed by atoms with Crippen LogP contribution >= 0.6 is 0 Å². The Labute approximate surface area is 168 Å². The summed E-state index contributed by atoms with van der Waals surface area (Å²) in [5, 5.41) is 13.6. The highest BCUT2D eigenvalue weighted by Crippen LogP contribution is 2.56. The van der Waals surface area contributed by atoms with Crippen LogP contribution in [0.25, 0.3) is 0 Å². The zero-order valence-electron chi connectivity index (χ0n) is 17.7. The first-order valence-corrected chi connectivity index (χ1v) is 11.1. The molecule has 2 spiro atoms. The number of hydrogen-bond donors (Lipinski definition) is 1. The van der Waals surface area contributed by atoms with Crippen molar-refractivity contribution in [1.82, 2.24) is 19.8 Å². The minimum Gasteiger partial charge on any atom is -0.465 e. The lowest BCUT2D eigenvalue weighted by molar-refractivity contribution is -0.140. The van der Waals surface area contributed by atoms with Crippen molar-refractivity contribution in [2.45, 2.75) is 70.4 Å². The Balaban J connectivity index is 1.40. The van der Waals surface area contributed by atoms with Gasteiger partial charge in [0.2, 0.25) is 5.91 Å². The molecule has 2 amide bonds. The lowest BCUT2D eigenvalue weighted by atomic mass is 9.54. The van der Waals surface area contributed by atoms with E-state index in [0.717, 1.165) is 64.7 Å². The predicted molar refractivity (Wildman–Crippen MR) is 107 cm³/mol. The Morgan fingerprint density at radius 1 is 1.18 bits per heavy atom. The molecule has 0 aromatic carbocycles. The van der Waals surface area contributed by atoms with Crippen LogP contribution < -0.4 is 0 Å². The van der Waals surface area contributed by atoms with Crippen LogP contribution in [0.4, 0.5) is 4.79 Å². The number of carboxylic acid groups (broad SMARTS) is 1. The van der Waals surface area contributed by atoms with Crippen molar-refractivity contribution in [3.8, 4) is 0 Å². The van der Waals surface area contributed by atoms with Crippen LogP contribution in [0.1, 0.15) is 58.8 Å². The van der Waals surface area contributed by atoms with Crippen LogP contribution in [-0.2, 0) is 4.79 Å². The van der Waals surface area contributed by atoms with Crippen LogP contribution in [0.3, 0.4) is 0 Å². The average molecular weight is 393 g/mol. The van der Waals surface area contributed by atoms with E-state index in [9.17, 15) is 14.7 Å². The van der Waals surface area contributed by atoms with Gasteiger partial charge in [-0.15, -0.1) is 0 Å². The molecule has 4 fully saturated rings. The Kier molecular flexibility index (Phi) is 5.11. The summed E-state index contributed by atoms with van der Waals surface area (Å²) >= 11 is 0. The highest BCUT2D eigenvalue weighted by molar-refractivity contribution is 5.79. The predicted octanol–water partition coefficient (Wildman–Crippen LogP) is 2.48. The molecule has 0 radical (unpaired) electrons. The summed E-state index contributed by atoms with van der Waals surface area (Å²) in [6.07, 6.45) is 6.37. The van der Waals surface area contributed by atoms with Crippen molar-refractivity contribution in [3.63, 3.8) is 0 Å². The summed E-state index contributed by atoms with van der Waals surface area (Å²) in [5.74, 6) is 0.862. The second-order valence-electron chi connectivity index (χ2n) is 9.58. The smallest absolute Gasteiger partial charge is 0.407 e. The third kappa shape index (κ3) is 2.93. The molecule has 158 valence electrons. The molecule has 28 heavy (non-hydrogen) atoms. The number of amides is 2. The fraction of sp³-hybridized carbons (Fsp3) is 0.905. The summed E-state index contributed by atoms with van der Waals surface area (Å²) in [6.45, 7) is 8.93. The molecule has 0 aromatic rings. The standard InChI is InChI=1S/C21H36N4O3/c1-4-9-25-21(14-18(26)22(25)3)7-11-23(12-8-21)17-13-20(16(17)5-2)6-10-24(15-20)19(27)28/h16-17H,4-15H2,1-3H3,(H,27,28). The molecule has 4 rings (SSSR count). The van der Waals surface area contributed by atoms with E-state index >= 15 is 0 Å². The maximum Gasteiger partial charge on any atom is 0.407 e. The monoisotopic (exact) mass is 392 g/mol. The van der Waals surface area contributed by atoms with E-state index in [4.69, 9.17) is 0 Å². The molecule has 3 unspecified atom stereocenters. The van der Waals surface area contributed by atoms with E-state index in [1.54, 1.807) is 4.90 Å². The van der Waals surface area contributed by atoms with Gasteiger partial charge in [0, 0.05) is 52.2 Å². The van der Waals surface area contributed by atoms with E-state index < -0.39 is 6.09 Å². The summed E-state index contributed by atoms with van der Waals surface area (Å²) < 4.78 is 0. The molecule has 3 saturated heterocycles. The largest absolute Gasteiger partial charge is 0.465 e. The molecule has 0 aromatic heterocycles. The summed E-state index contributed by atoms with van der Waals surface area (Å²) in [4.78, 5) is 28.0. The number of carbonyl (C=O) groups is 2. The third-order valence-electron chi connectivity index (χ3n) is 8.35. The van der Waals surface area contributed by atoms with Crippen LogP contribution in [0.2, 0.25) is 0 Å². The Bertz CT molecular complexity index is 633. The molecule has 3 aliphatic heterocycles. The fourth-order valence-corrected chi connectivity index (χ4v) is 6.82. The van der Waals surface area contributed by atoms with Gasteiger partial charge in [0.25, 0.3) is 0 Å². The minimum absolute atomic E-state index is 0.0228. The van der Waals surface area contributed by atoms with Gasteiger partial charge in [-0.3, -0.25) is 14.7 Å². The highest BCUT2D eigenvalue weighted by Gasteiger charge is 2.59. The van der Waals surface area contributed by atoms with Gasteiger partial charge in [-0.25, -0.2) is 9.80 Å².